The zero-order valence-electron chi connectivity index (χ0n) is 15.8. The number of allylic oxidation sites excluding steroid dienone is 1. The minimum Gasteiger partial charge on any atom is -0.480 e. The van der Waals surface area contributed by atoms with Crippen LogP contribution >= 0.6 is 0 Å². The van der Waals surface area contributed by atoms with E-state index in [2.05, 4.69) is 0 Å². The van der Waals surface area contributed by atoms with Gasteiger partial charge in [-0.15, -0.1) is 0 Å². The van der Waals surface area contributed by atoms with Gasteiger partial charge < -0.3 is 16.6 Å². The summed E-state index contributed by atoms with van der Waals surface area (Å²) in [5.74, 6) is -0.997. The topological polar surface area (TPSA) is 123 Å². The van der Waals surface area contributed by atoms with Crippen LogP contribution in [0.25, 0.3) is 0 Å². The van der Waals surface area contributed by atoms with Crippen LogP contribution in [0.1, 0.15) is 66.2 Å². The van der Waals surface area contributed by atoms with E-state index in [0.29, 0.717) is 44.1 Å². The number of hydrogen-bond acceptors (Lipinski definition) is 5. The lowest BCUT2D eigenvalue weighted by atomic mass is 9.71. The van der Waals surface area contributed by atoms with Crippen LogP contribution < -0.4 is 11.5 Å². The highest BCUT2D eigenvalue weighted by Gasteiger charge is 2.38. The first-order valence-electron chi connectivity index (χ1n) is 8.98. The van der Waals surface area contributed by atoms with Gasteiger partial charge in [0, 0.05) is 18.9 Å². The molecule has 0 bridgehead atoms. The van der Waals surface area contributed by atoms with Crippen LogP contribution in [0.2, 0.25) is 0 Å². The van der Waals surface area contributed by atoms with Gasteiger partial charge >= 0.3 is 5.97 Å². The van der Waals surface area contributed by atoms with Gasteiger partial charge in [-0.2, -0.15) is 0 Å². The lowest BCUT2D eigenvalue weighted by molar-refractivity contribution is -0.138. The quantitative estimate of drug-likeness (QED) is 0.454. The van der Waals surface area contributed by atoms with Gasteiger partial charge in [-0.05, 0) is 42.6 Å². The molecule has 1 fully saturated rings. The summed E-state index contributed by atoms with van der Waals surface area (Å²) in [7, 11) is 0. The van der Waals surface area contributed by atoms with E-state index in [0.717, 1.165) is 5.57 Å². The largest absolute Gasteiger partial charge is 0.480 e. The second-order valence-electron chi connectivity index (χ2n) is 8.34. The van der Waals surface area contributed by atoms with E-state index in [-0.39, 0.29) is 22.9 Å². The molecule has 1 rings (SSSR count). The van der Waals surface area contributed by atoms with Crippen molar-refractivity contribution in [3.63, 3.8) is 0 Å². The van der Waals surface area contributed by atoms with E-state index in [4.69, 9.17) is 16.6 Å². The monoisotopic (exact) mass is 352 g/mol. The first-order chi connectivity index (χ1) is 11.4. The Bertz CT molecular complexity index is 542. The number of rotatable bonds is 8. The lowest BCUT2D eigenvalue weighted by Crippen LogP contribution is -2.36. The molecule has 0 aromatic heterocycles. The molecule has 1 unspecified atom stereocenters. The van der Waals surface area contributed by atoms with Crippen LogP contribution in [-0.2, 0) is 14.4 Å². The van der Waals surface area contributed by atoms with Crippen LogP contribution in [0, 0.1) is 11.3 Å². The van der Waals surface area contributed by atoms with Crippen molar-refractivity contribution >= 4 is 17.5 Å². The van der Waals surface area contributed by atoms with Gasteiger partial charge in [0.1, 0.15) is 6.04 Å². The molecule has 25 heavy (non-hydrogen) atoms. The van der Waals surface area contributed by atoms with Gasteiger partial charge in [-0.3, -0.25) is 14.4 Å². The highest BCUT2D eigenvalue weighted by molar-refractivity contribution is 6.22. The van der Waals surface area contributed by atoms with E-state index < -0.39 is 18.1 Å². The summed E-state index contributed by atoms with van der Waals surface area (Å²) in [5.41, 5.74) is 12.5. The molecule has 1 aliphatic rings. The molecule has 6 heteroatoms. The maximum atomic E-state index is 12.6. The molecule has 0 spiro atoms. The molecule has 142 valence electrons. The zero-order chi connectivity index (χ0) is 19.4. The van der Waals surface area contributed by atoms with Crippen molar-refractivity contribution in [1.82, 2.24) is 0 Å². The Morgan fingerprint density at radius 1 is 1.08 bits per heavy atom. The Balaban J connectivity index is 2.97. The fourth-order valence-corrected chi connectivity index (χ4v) is 3.36. The zero-order valence-corrected chi connectivity index (χ0v) is 15.8. The van der Waals surface area contributed by atoms with Crippen molar-refractivity contribution in [2.45, 2.75) is 78.3 Å². The van der Waals surface area contributed by atoms with Crippen molar-refractivity contribution in [2.75, 3.05) is 0 Å². The normalized spacial score (nSPS) is 19.9. The summed E-state index contributed by atoms with van der Waals surface area (Å²) in [4.78, 5) is 36.0. The Kier molecular flexibility index (Phi) is 7.50. The standard InChI is InChI=1S/C19H32N2O4/c1-11(2)8-12(13(20)6-5-7-14(21)18(24)25)17-15(22)9-19(3,4)10-16(17)23/h11,13-14H,5-10,20-21H2,1-4H3,(H,24,25)/t13?,14-/m0/s1. The molecule has 0 aromatic rings. The van der Waals surface area contributed by atoms with E-state index in [1.54, 1.807) is 0 Å². The highest BCUT2D eigenvalue weighted by Crippen LogP contribution is 2.36. The molecule has 0 aliphatic heterocycles. The van der Waals surface area contributed by atoms with Crippen LogP contribution in [-0.4, -0.2) is 34.7 Å². The predicted molar refractivity (Wildman–Crippen MR) is 96.9 cm³/mol. The average molecular weight is 352 g/mol. The summed E-state index contributed by atoms with van der Waals surface area (Å²) in [6.07, 6.45) is 2.67. The lowest BCUT2D eigenvalue weighted by Gasteiger charge is -2.31. The highest BCUT2D eigenvalue weighted by atomic mass is 16.4. The third-order valence-corrected chi connectivity index (χ3v) is 4.58. The van der Waals surface area contributed by atoms with Crippen LogP contribution in [0.4, 0.5) is 0 Å². The minimum atomic E-state index is -1.03. The second kappa shape index (κ2) is 8.72. The summed E-state index contributed by atoms with van der Waals surface area (Å²) in [5, 5.41) is 8.84. The fourth-order valence-electron chi connectivity index (χ4n) is 3.36. The van der Waals surface area contributed by atoms with Crippen LogP contribution in [0.3, 0.4) is 0 Å². The first kappa shape index (κ1) is 21.5. The third-order valence-electron chi connectivity index (χ3n) is 4.58. The van der Waals surface area contributed by atoms with E-state index in [1.165, 1.54) is 0 Å². The van der Waals surface area contributed by atoms with E-state index >= 15 is 0 Å². The molecule has 0 aromatic carbocycles. The maximum Gasteiger partial charge on any atom is 0.320 e. The molecule has 0 saturated heterocycles. The molecular weight excluding hydrogens is 320 g/mol. The summed E-state index contributed by atoms with van der Waals surface area (Å²) in [6.45, 7) is 7.90. The SMILES string of the molecule is CC(C)CC(=C1C(=O)CC(C)(C)CC1=O)C(N)CCC[C@H](N)C(=O)O. The van der Waals surface area contributed by atoms with Gasteiger partial charge in [0.2, 0.25) is 0 Å². The Hall–Kier alpha value is -1.53. The van der Waals surface area contributed by atoms with E-state index in [9.17, 15) is 14.4 Å². The molecule has 2 atom stereocenters. The van der Waals surface area contributed by atoms with Crippen molar-refractivity contribution in [3.05, 3.63) is 11.1 Å². The molecule has 1 aliphatic carbocycles. The molecule has 1 saturated carbocycles. The molecule has 0 heterocycles. The first-order valence-corrected chi connectivity index (χ1v) is 8.98. The summed E-state index contributed by atoms with van der Waals surface area (Å²) in [6, 6.07) is -1.33. The minimum absolute atomic E-state index is 0.116. The second-order valence-corrected chi connectivity index (χ2v) is 8.34. The molecule has 0 amide bonds. The number of hydrogen-bond donors (Lipinski definition) is 3. The summed E-state index contributed by atoms with van der Waals surface area (Å²) < 4.78 is 0. The van der Waals surface area contributed by atoms with Crippen LogP contribution in [0.5, 0.6) is 0 Å². The molecular formula is C19H32N2O4. The van der Waals surface area contributed by atoms with Crippen molar-refractivity contribution < 1.29 is 19.5 Å². The van der Waals surface area contributed by atoms with Gasteiger partial charge in [-0.25, -0.2) is 0 Å². The molecule has 0 radical (unpaired) electrons. The van der Waals surface area contributed by atoms with Crippen molar-refractivity contribution in [2.24, 2.45) is 22.8 Å². The van der Waals surface area contributed by atoms with Gasteiger partial charge in [-0.1, -0.05) is 27.7 Å². The number of nitrogens with two attached hydrogens (primary N) is 2. The Labute approximate surface area is 150 Å². The fraction of sp³-hybridized carbons (Fsp3) is 0.737. The van der Waals surface area contributed by atoms with Crippen molar-refractivity contribution in [1.29, 1.82) is 0 Å². The third kappa shape index (κ3) is 6.36. The maximum absolute atomic E-state index is 12.6. The van der Waals surface area contributed by atoms with Gasteiger partial charge in [0.15, 0.2) is 11.6 Å². The van der Waals surface area contributed by atoms with E-state index in [1.807, 2.05) is 27.7 Å². The number of carboxylic acids is 1. The Morgan fingerprint density at radius 2 is 1.56 bits per heavy atom. The number of Topliss-reactive ketones (excluding diaryl/α,β-unsaturated/α-hetero) is 2. The Morgan fingerprint density at radius 3 is 2.00 bits per heavy atom. The smallest absolute Gasteiger partial charge is 0.320 e. The summed E-state index contributed by atoms with van der Waals surface area (Å²) >= 11 is 0. The number of ketones is 2. The number of carboxylic acid groups (broad SMARTS) is 1. The average Bonchev–Trinajstić information content (AvgIpc) is 2.43. The molecule has 5 N–H and O–H groups in total. The number of carbonyl (C=O) groups excluding carboxylic acids is 2. The predicted octanol–water partition coefficient (Wildman–Crippen LogP) is 2.20. The van der Waals surface area contributed by atoms with Gasteiger partial charge in [0.25, 0.3) is 0 Å². The van der Waals surface area contributed by atoms with Gasteiger partial charge in [0.05, 0.1) is 5.57 Å². The van der Waals surface area contributed by atoms with Crippen molar-refractivity contribution in [3.8, 4) is 0 Å². The molecule has 6 nitrogen and oxygen atoms in total. The number of carbonyl (C=O) groups is 3. The number of aliphatic carboxylic acids is 1. The van der Waals surface area contributed by atoms with Crippen LogP contribution in [0.15, 0.2) is 11.1 Å².